The van der Waals surface area contributed by atoms with E-state index >= 15 is 0 Å². The summed E-state index contributed by atoms with van der Waals surface area (Å²) in [4.78, 5) is 12.6. The number of thioether (sulfide) groups is 1. The van der Waals surface area contributed by atoms with Crippen molar-refractivity contribution in [1.29, 1.82) is 0 Å². The third kappa shape index (κ3) is 8.17. The van der Waals surface area contributed by atoms with Crippen molar-refractivity contribution in [2.45, 2.75) is 18.8 Å². The molecule has 0 saturated carbocycles. The fourth-order valence-electron chi connectivity index (χ4n) is 2.87. The fraction of sp³-hybridized carbons (Fsp3) is 0.208. The first kappa shape index (κ1) is 26.3. The van der Waals surface area contributed by atoms with E-state index in [1.165, 1.54) is 0 Å². The fourth-order valence-corrected chi connectivity index (χ4v) is 5.60. The van der Waals surface area contributed by atoms with Crippen LogP contribution in [0.4, 0.5) is 4.79 Å². The molecule has 3 rings (SSSR count). The molecule has 10 heteroatoms. The van der Waals surface area contributed by atoms with Gasteiger partial charge in [-0.25, -0.2) is 9.36 Å². The first-order valence-electron chi connectivity index (χ1n) is 10.3. The SMILES string of the molecule is CSCCC(NC(=O)OCc1ccccc1)P(=O)(Oc1ccc(Cl)cc1)Oc1ccc(Cl)cc1. The third-order valence-corrected chi connectivity index (χ3v) is 7.80. The first-order valence-corrected chi connectivity index (χ1v) is 14.1. The third-order valence-electron chi connectivity index (χ3n) is 4.57. The second kappa shape index (κ2) is 13.0. The minimum absolute atomic E-state index is 0.0717. The molecular formula is C24H24Cl2NO5PS. The molecule has 0 heterocycles. The largest absolute Gasteiger partial charge is 0.453 e. The maximum absolute atomic E-state index is 14.1. The van der Waals surface area contributed by atoms with Crippen LogP contribution in [0.15, 0.2) is 78.9 Å². The number of hydrogen-bond acceptors (Lipinski definition) is 6. The Hall–Kier alpha value is -2.31. The number of ether oxygens (including phenoxy) is 1. The zero-order valence-corrected chi connectivity index (χ0v) is 21.6. The van der Waals surface area contributed by atoms with Crippen molar-refractivity contribution in [3.63, 3.8) is 0 Å². The van der Waals surface area contributed by atoms with Gasteiger partial charge in [-0.2, -0.15) is 11.8 Å². The normalized spacial score (nSPS) is 12.0. The highest BCUT2D eigenvalue weighted by atomic mass is 35.5. The molecule has 0 fully saturated rings. The van der Waals surface area contributed by atoms with E-state index in [0.717, 1.165) is 5.56 Å². The molecule has 1 atom stereocenters. The monoisotopic (exact) mass is 539 g/mol. The Morgan fingerprint density at radius 3 is 1.94 bits per heavy atom. The summed E-state index contributed by atoms with van der Waals surface area (Å²) in [6.45, 7) is 0.0717. The lowest BCUT2D eigenvalue weighted by Crippen LogP contribution is -2.38. The molecule has 0 radical (unpaired) electrons. The Balaban J connectivity index is 1.83. The van der Waals surface area contributed by atoms with E-state index < -0.39 is 19.5 Å². The van der Waals surface area contributed by atoms with Crippen LogP contribution in [0.25, 0.3) is 0 Å². The first-order chi connectivity index (χ1) is 16.4. The molecule has 0 bridgehead atoms. The van der Waals surface area contributed by atoms with Crippen LogP contribution in [0.5, 0.6) is 11.5 Å². The molecule has 3 aromatic carbocycles. The molecule has 0 aliphatic rings. The van der Waals surface area contributed by atoms with Gasteiger partial charge in [-0.15, -0.1) is 0 Å². The van der Waals surface area contributed by atoms with Crippen molar-refractivity contribution >= 4 is 48.7 Å². The predicted molar refractivity (Wildman–Crippen MR) is 138 cm³/mol. The molecule has 1 amide bonds. The van der Waals surface area contributed by atoms with Gasteiger partial charge in [0.05, 0.1) is 0 Å². The lowest BCUT2D eigenvalue weighted by Gasteiger charge is -2.28. The van der Waals surface area contributed by atoms with Gasteiger partial charge in [0.25, 0.3) is 0 Å². The number of carbonyl (C=O) groups excluding carboxylic acids is 1. The number of benzene rings is 3. The smallest absolute Gasteiger partial charge is 0.445 e. The Bertz CT molecular complexity index is 1050. The van der Waals surface area contributed by atoms with Gasteiger partial charge in [0.2, 0.25) is 0 Å². The number of nitrogens with one attached hydrogen (secondary N) is 1. The molecule has 0 saturated heterocycles. The van der Waals surface area contributed by atoms with Gasteiger partial charge in [-0.05, 0) is 72.5 Å². The van der Waals surface area contributed by atoms with E-state index in [-0.39, 0.29) is 18.1 Å². The summed E-state index contributed by atoms with van der Waals surface area (Å²) >= 11 is 13.5. The molecule has 3 aromatic rings. The van der Waals surface area contributed by atoms with Gasteiger partial charge >= 0.3 is 13.7 Å². The number of amides is 1. The van der Waals surface area contributed by atoms with Gasteiger partial charge in [-0.3, -0.25) is 0 Å². The number of alkyl carbamates (subject to hydrolysis) is 1. The highest BCUT2D eigenvalue weighted by molar-refractivity contribution is 7.98. The minimum Gasteiger partial charge on any atom is -0.445 e. The highest BCUT2D eigenvalue weighted by Gasteiger charge is 2.40. The summed E-state index contributed by atoms with van der Waals surface area (Å²) < 4.78 is 31.2. The topological polar surface area (TPSA) is 73.9 Å². The molecule has 1 N–H and O–H groups in total. The molecule has 34 heavy (non-hydrogen) atoms. The van der Waals surface area contributed by atoms with Gasteiger partial charge in [0, 0.05) is 10.0 Å². The van der Waals surface area contributed by atoms with Crippen LogP contribution in [0.1, 0.15) is 12.0 Å². The molecule has 1 unspecified atom stereocenters. The number of carbonyl (C=O) groups is 1. The number of rotatable bonds is 11. The second-order valence-electron chi connectivity index (χ2n) is 7.13. The van der Waals surface area contributed by atoms with E-state index in [9.17, 15) is 9.36 Å². The van der Waals surface area contributed by atoms with E-state index in [2.05, 4.69) is 5.32 Å². The van der Waals surface area contributed by atoms with Crippen molar-refractivity contribution in [3.8, 4) is 11.5 Å². The van der Waals surface area contributed by atoms with Crippen molar-refractivity contribution in [3.05, 3.63) is 94.5 Å². The Labute approximate surface area is 213 Å². The van der Waals surface area contributed by atoms with Gasteiger partial charge in [0.1, 0.15) is 18.1 Å². The minimum atomic E-state index is -3.99. The quantitative estimate of drug-likeness (QED) is 0.252. The molecular weight excluding hydrogens is 516 g/mol. The average Bonchev–Trinajstić information content (AvgIpc) is 2.84. The zero-order valence-electron chi connectivity index (χ0n) is 18.4. The molecule has 0 aromatic heterocycles. The maximum Gasteiger partial charge on any atom is 0.453 e. The van der Waals surface area contributed by atoms with Crippen molar-refractivity contribution < 1.29 is 23.1 Å². The van der Waals surface area contributed by atoms with Crippen molar-refractivity contribution in [1.82, 2.24) is 5.32 Å². The number of hydrogen-bond donors (Lipinski definition) is 1. The summed E-state index contributed by atoms with van der Waals surface area (Å²) in [5, 5.41) is 3.69. The van der Waals surface area contributed by atoms with Crippen LogP contribution in [0, 0.1) is 0 Å². The van der Waals surface area contributed by atoms with Crippen LogP contribution in [-0.2, 0) is 15.9 Å². The van der Waals surface area contributed by atoms with Crippen molar-refractivity contribution in [2.75, 3.05) is 12.0 Å². The average molecular weight is 540 g/mol. The van der Waals surface area contributed by atoms with Crippen LogP contribution in [0.3, 0.4) is 0 Å². The Morgan fingerprint density at radius 1 is 0.912 bits per heavy atom. The van der Waals surface area contributed by atoms with E-state index in [4.69, 9.17) is 37.0 Å². The molecule has 0 spiro atoms. The van der Waals surface area contributed by atoms with Gasteiger partial charge in [-0.1, -0.05) is 53.5 Å². The molecule has 0 aliphatic carbocycles. The maximum atomic E-state index is 14.1. The van der Waals surface area contributed by atoms with Crippen LogP contribution >= 0.6 is 42.6 Å². The lowest BCUT2D eigenvalue weighted by molar-refractivity contribution is 0.137. The molecule has 180 valence electrons. The van der Waals surface area contributed by atoms with Crippen molar-refractivity contribution in [2.24, 2.45) is 0 Å². The van der Waals surface area contributed by atoms with Crippen LogP contribution < -0.4 is 14.4 Å². The zero-order chi connectivity index (χ0) is 24.4. The standard InChI is InChI=1S/C24H24Cl2NO5PS/c1-34-16-15-23(27-24(28)30-17-18-5-3-2-4-6-18)33(29,31-21-11-7-19(25)8-12-21)32-22-13-9-20(26)10-14-22/h2-14,23H,15-17H2,1H3,(H,27,28). The highest BCUT2D eigenvalue weighted by Crippen LogP contribution is 2.53. The summed E-state index contributed by atoms with van der Waals surface area (Å²) in [5.41, 5.74) is 0.830. The van der Waals surface area contributed by atoms with Crippen LogP contribution in [0.2, 0.25) is 10.0 Å². The van der Waals surface area contributed by atoms with Gasteiger partial charge < -0.3 is 19.1 Å². The Kier molecular flexibility index (Phi) is 10.0. The summed E-state index contributed by atoms with van der Waals surface area (Å²) in [6, 6.07) is 22.1. The summed E-state index contributed by atoms with van der Waals surface area (Å²) in [6.07, 6.45) is 1.50. The van der Waals surface area contributed by atoms with E-state index in [0.29, 0.717) is 22.2 Å². The Morgan fingerprint density at radius 2 is 1.44 bits per heavy atom. The summed E-state index contributed by atoms with van der Waals surface area (Å²) in [5.74, 6) is 0.196. The van der Waals surface area contributed by atoms with E-state index in [1.54, 1.807) is 60.3 Å². The van der Waals surface area contributed by atoms with E-state index in [1.807, 2.05) is 36.6 Å². The molecule has 0 aliphatic heterocycles. The second-order valence-corrected chi connectivity index (χ2v) is 11.1. The molecule has 6 nitrogen and oxygen atoms in total. The summed E-state index contributed by atoms with van der Waals surface area (Å²) in [7, 11) is -3.99. The lowest BCUT2D eigenvalue weighted by atomic mass is 10.2. The van der Waals surface area contributed by atoms with Crippen LogP contribution in [-0.4, -0.2) is 23.9 Å². The number of halogens is 2. The van der Waals surface area contributed by atoms with Gasteiger partial charge in [0.15, 0.2) is 5.78 Å². The predicted octanol–water partition coefficient (Wildman–Crippen LogP) is 7.65.